The van der Waals surface area contributed by atoms with Crippen LogP contribution in [0.15, 0.2) is 12.1 Å². The lowest BCUT2D eigenvalue weighted by Gasteiger charge is -2.22. The molecule has 0 atom stereocenters. The smallest absolute Gasteiger partial charge is 0.269 e. The number of carbonyl (C=O) groups excluding carboxylic acids is 2. The van der Waals surface area contributed by atoms with Crippen molar-refractivity contribution in [1.29, 1.82) is 0 Å². The normalized spacial score (nSPS) is 15.4. The van der Waals surface area contributed by atoms with Crippen LogP contribution >= 0.6 is 11.6 Å². The maximum Gasteiger partial charge on any atom is 0.269 e. The third-order valence-corrected chi connectivity index (χ3v) is 6.24. The van der Waals surface area contributed by atoms with Crippen molar-refractivity contribution in [1.82, 2.24) is 15.6 Å². The van der Waals surface area contributed by atoms with E-state index < -0.39 is 43.5 Å². The van der Waals surface area contributed by atoms with E-state index in [4.69, 9.17) is 16.7 Å². The number of nitrogens with one attached hydrogen (secondary N) is 3. The molecule has 27 heavy (non-hydrogen) atoms. The second-order valence-electron chi connectivity index (χ2n) is 6.16. The maximum atomic E-state index is 14.2. The van der Waals surface area contributed by atoms with Crippen LogP contribution in [0.5, 0.6) is 0 Å². The number of sulfonamides is 1. The van der Waals surface area contributed by atoms with Crippen LogP contribution in [-0.4, -0.2) is 43.7 Å². The highest BCUT2D eigenvalue weighted by atomic mass is 35.5. The zero-order chi connectivity index (χ0) is 20.0. The molecule has 2 rings (SSSR count). The summed E-state index contributed by atoms with van der Waals surface area (Å²) in [6, 6.07) is 1.99. The molecule has 0 radical (unpaired) electrons. The summed E-state index contributed by atoms with van der Waals surface area (Å²) in [4.78, 5) is 26.1. The van der Waals surface area contributed by atoms with Crippen LogP contribution in [0.3, 0.4) is 0 Å². The van der Waals surface area contributed by atoms with Gasteiger partial charge in [-0.3, -0.25) is 15.0 Å². The van der Waals surface area contributed by atoms with Gasteiger partial charge in [0.25, 0.3) is 11.8 Å². The number of halogens is 2. The van der Waals surface area contributed by atoms with Crippen molar-refractivity contribution in [3.05, 3.63) is 34.1 Å². The number of carbonyl (C=O) groups is 2. The van der Waals surface area contributed by atoms with Crippen LogP contribution in [0.25, 0.3) is 0 Å². The van der Waals surface area contributed by atoms with Gasteiger partial charge in [0.05, 0.1) is 22.4 Å². The number of amides is 2. The fourth-order valence-corrected chi connectivity index (χ4v) is 4.38. The number of hydrogen-bond donors (Lipinski definition) is 4. The minimum atomic E-state index is -3.79. The van der Waals surface area contributed by atoms with Crippen LogP contribution in [0, 0.1) is 5.82 Å². The Morgan fingerprint density at radius 3 is 2.48 bits per heavy atom. The van der Waals surface area contributed by atoms with Gasteiger partial charge in [-0.05, 0) is 25.0 Å². The SMILES string of the molecule is O=C(NCCO)c1cc(Cl)c(F)c(C(=O)NNS(=O)(=O)C2CCCCC2)c1. The van der Waals surface area contributed by atoms with Crippen LogP contribution in [0.2, 0.25) is 5.02 Å². The first kappa shape index (κ1) is 21.5. The van der Waals surface area contributed by atoms with E-state index in [0.717, 1.165) is 31.4 Å². The number of aliphatic hydroxyl groups excluding tert-OH is 1. The summed E-state index contributed by atoms with van der Waals surface area (Å²) in [6.07, 6.45) is 3.52. The molecule has 0 aromatic heterocycles. The molecule has 0 heterocycles. The first-order valence-electron chi connectivity index (χ1n) is 8.45. The summed E-state index contributed by atoms with van der Waals surface area (Å²) in [5.74, 6) is -2.82. The van der Waals surface area contributed by atoms with Crippen LogP contribution in [0.1, 0.15) is 52.8 Å². The number of hydrogen-bond acceptors (Lipinski definition) is 5. The summed E-state index contributed by atoms with van der Waals surface area (Å²) in [7, 11) is -3.79. The maximum absolute atomic E-state index is 14.2. The Bertz CT molecular complexity index is 813. The Morgan fingerprint density at radius 1 is 1.19 bits per heavy atom. The zero-order valence-electron chi connectivity index (χ0n) is 14.4. The van der Waals surface area contributed by atoms with Crippen molar-refractivity contribution in [3.63, 3.8) is 0 Å². The monoisotopic (exact) mass is 421 g/mol. The fraction of sp³-hybridized carbons (Fsp3) is 0.500. The van der Waals surface area contributed by atoms with Crippen molar-refractivity contribution in [2.24, 2.45) is 0 Å². The molecular formula is C16H21ClFN3O5S. The first-order chi connectivity index (χ1) is 12.8. The van der Waals surface area contributed by atoms with Gasteiger partial charge in [-0.15, -0.1) is 4.83 Å². The average molecular weight is 422 g/mol. The Hall–Kier alpha value is -1.75. The Labute approximate surface area is 161 Å². The van der Waals surface area contributed by atoms with Crippen molar-refractivity contribution < 1.29 is 27.5 Å². The first-order valence-corrected chi connectivity index (χ1v) is 10.4. The number of aliphatic hydroxyl groups is 1. The van der Waals surface area contributed by atoms with Crippen LogP contribution in [0.4, 0.5) is 4.39 Å². The molecule has 1 fully saturated rings. The summed E-state index contributed by atoms with van der Waals surface area (Å²) < 4.78 is 38.6. The minimum absolute atomic E-state index is 0.0312. The van der Waals surface area contributed by atoms with Crippen molar-refractivity contribution in [2.75, 3.05) is 13.2 Å². The molecule has 0 bridgehead atoms. The number of rotatable bonds is 7. The molecule has 0 aliphatic heterocycles. The molecule has 8 nitrogen and oxygen atoms in total. The van der Waals surface area contributed by atoms with Crippen molar-refractivity contribution in [2.45, 2.75) is 37.4 Å². The molecule has 150 valence electrons. The van der Waals surface area contributed by atoms with E-state index in [-0.39, 0.29) is 18.7 Å². The van der Waals surface area contributed by atoms with Gasteiger partial charge in [-0.2, -0.15) is 0 Å². The van der Waals surface area contributed by atoms with Crippen molar-refractivity contribution >= 4 is 33.4 Å². The molecule has 0 unspecified atom stereocenters. The van der Waals surface area contributed by atoms with E-state index in [1.807, 2.05) is 10.3 Å². The molecule has 1 aromatic carbocycles. The molecule has 0 spiro atoms. The van der Waals surface area contributed by atoms with Gasteiger partial charge in [-0.25, -0.2) is 12.8 Å². The van der Waals surface area contributed by atoms with Gasteiger partial charge in [0, 0.05) is 12.1 Å². The Morgan fingerprint density at radius 2 is 1.85 bits per heavy atom. The standard InChI is InChI=1S/C16H21ClFN3O5S/c17-13-9-10(15(23)19-6-7-22)8-12(14(13)18)16(24)20-21-27(25,26)11-4-2-1-3-5-11/h8-9,11,21-22H,1-7H2,(H,19,23)(H,20,24). The average Bonchev–Trinajstić information content (AvgIpc) is 2.67. The van der Waals surface area contributed by atoms with E-state index in [1.165, 1.54) is 0 Å². The molecule has 11 heteroatoms. The third-order valence-electron chi connectivity index (χ3n) is 4.23. The molecular weight excluding hydrogens is 401 g/mol. The van der Waals surface area contributed by atoms with E-state index in [0.29, 0.717) is 12.8 Å². The van der Waals surface area contributed by atoms with E-state index in [1.54, 1.807) is 0 Å². The molecule has 4 N–H and O–H groups in total. The predicted molar refractivity (Wildman–Crippen MR) is 97.2 cm³/mol. The van der Waals surface area contributed by atoms with Gasteiger partial charge in [-0.1, -0.05) is 30.9 Å². The Kier molecular flexibility index (Phi) is 7.54. The molecule has 0 saturated heterocycles. The van der Waals surface area contributed by atoms with Gasteiger partial charge in [0.2, 0.25) is 10.0 Å². The van der Waals surface area contributed by atoms with E-state index in [9.17, 15) is 22.4 Å². The minimum Gasteiger partial charge on any atom is -0.395 e. The number of benzene rings is 1. The molecule has 2 amide bonds. The summed E-state index contributed by atoms with van der Waals surface area (Å²) in [5.41, 5.74) is 1.28. The molecule has 1 aliphatic carbocycles. The summed E-state index contributed by atoms with van der Waals surface area (Å²) in [6.45, 7) is -0.326. The quantitative estimate of drug-likeness (QED) is 0.491. The van der Waals surface area contributed by atoms with Gasteiger partial charge < -0.3 is 10.4 Å². The van der Waals surface area contributed by atoms with Crippen molar-refractivity contribution in [3.8, 4) is 0 Å². The lowest BCUT2D eigenvalue weighted by atomic mass is 10.0. The molecule has 1 aliphatic rings. The highest BCUT2D eigenvalue weighted by Gasteiger charge is 2.28. The Balaban J connectivity index is 2.13. The second kappa shape index (κ2) is 9.45. The second-order valence-corrected chi connectivity index (χ2v) is 8.53. The third kappa shape index (κ3) is 5.61. The fourth-order valence-electron chi connectivity index (χ4n) is 2.80. The lowest BCUT2D eigenvalue weighted by Crippen LogP contribution is -2.46. The number of hydrazine groups is 1. The topological polar surface area (TPSA) is 125 Å². The van der Waals surface area contributed by atoms with E-state index in [2.05, 4.69) is 5.32 Å². The highest BCUT2D eigenvalue weighted by Crippen LogP contribution is 2.23. The van der Waals surface area contributed by atoms with Crippen LogP contribution in [-0.2, 0) is 10.0 Å². The molecule has 1 saturated carbocycles. The van der Waals surface area contributed by atoms with Gasteiger partial charge in [0.1, 0.15) is 0 Å². The van der Waals surface area contributed by atoms with E-state index >= 15 is 0 Å². The summed E-state index contributed by atoms with van der Waals surface area (Å²) in [5, 5.41) is 9.99. The molecule has 1 aromatic rings. The lowest BCUT2D eigenvalue weighted by molar-refractivity contribution is 0.0940. The predicted octanol–water partition coefficient (Wildman–Crippen LogP) is 1.10. The highest BCUT2D eigenvalue weighted by molar-refractivity contribution is 7.90. The van der Waals surface area contributed by atoms with Gasteiger partial charge >= 0.3 is 0 Å². The van der Waals surface area contributed by atoms with Gasteiger partial charge in [0.15, 0.2) is 5.82 Å². The zero-order valence-corrected chi connectivity index (χ0v) is 16.0. The summed E-state index contributed by atoms with van der Waals surface area (Å²) >= 11 is 5.73. The van der Waals surface area contributed by atoms with Crippen LogP contribution < -0.4 is 15.6 Å². The largest absolute Gasteiger partial charge is 0.395 e.